The van der Waals surface area contributed by atoms with Gasteiger partial charge in [-0.1, -0.05) is 55.8 Å². The molecule has 2 aliphatic rings. The zero-order valence-corrected chi connectivity index (χ0v) is 17.8. The molecule has 1 N–H and O–H groups in total. The van der Waals surface area contributed by atoms with E-state index in [1.54, 1.807) is 6.07 Å². The summed E-state index contributed by atoms with van der Waals surface area (Å²) in [5, 5.41) is 9.42. The third-order valence-electron chi connectivity index (χ3n) is 6.36. The van der Waals surface area contributed by atoms with Crippen LogP contribution in [0.2, 0.25) is 0 Å². The maximum atomic E-state index is 12.6. The number of carboxylic acids is 1. The van der Waals surface area contributed by atoms with E-state index in [4.69, 9.17) is 9.47 Å². The first-order valence-electron chi connectivity index (χ1n) is 10.9. The first-order chi connectivity index (χ1) is 15.5. The molecule has 6 nitrogen and oxygen atoms in total. The Kier molecular flexibility index (Phi) is 6.40. The lowest BCUT2D eigenvalue weighted by atomic mass is 9.79. The van der Waals surface area contributed by atoms with E-state index in [0.29, 0.717) is 25.0 Å². The number of rotatable bonds is 8. The Hall–Kier alpha value is -3.41. The molecule has 0 aromatic heterocycles. The number of ketones is 1. The van der Waals surface area contributed by atoms with E-state index in [1.807, 2.05) is 24.3 Å². The van der Waals surface area contributed by atoms with Crippen molar-refractivity contribution in [2.75, 3.05) is 6.61 Å². The van der Waals surface area contributed by atoms with E-state index in [0.717, 1.165) is 35.6 Å². The van der Waals surface area contributed by atoms with Crippen LogP contribution in [0.1, 0.15) is 36.8 Å². The fourth-order valence-corrected chi connectivity index (χ4v) is 4.67. The minimum atomic E-state index is -1.04. The lowest BCUT2D eigenvalue weighted by molar-refractivity contribution is -0.161. The third kappa shape index (κ3) is 4.31. The van der Waals surface area contributed by atoms with E-state index in [2.05, 4.69) is 18.7 Å². The van der Waals surface area contributed by atoms with Gasteiger partial charge in [0, 0.05) is 12.0 Å². The number of aliphatic carboxylic acids is 1. The predicted octanol–water partition coefficient (Wildman–Crippen LogP) is 4.19. The van der Waals surface area contributed by atoms with E-state index in [9.17, 15) is 19.5 Å². The number of carbonyl (C=O) groups excluding carboxylic acids is 2. The molecule has 1 fully saturated rings. The van der Waals surface area contributed by atoms with Gasteiger partial charge in [-0.15, -0.1) is 0 Å². The van der Waals surface area contributed by atoms with Crippen molar-refractivity contribution >= 4 is 17.7 Å². The molecule has 0 saturated heterocycles. The first kappa shape index (κ1) is 21.8. The van der Waals surface area contributed by atoms with Crippen molar-refractivity contribution in [3.8, 4) is 16.9 Å². The van der Waals surface area contributed by atoms with Gasteiger partial charge in [-0.3, -0.25) is 14.4 Å². The van der Waals surface area contributed by atoms with Crippen LogP contribution in [-0.4, -0.2) is 35.5 Å². The summed E-state index contributed by atoms with van der Waals surface area (Å²) in [6.07, 6.45) is 3.29. The molecule has 3 unspecified atom stereocenters. The van der Waals surface area contributed by atoms with Gasteiger partial charge in [0.25, 0.3) is 0 Å². The van der Waals surface area contributed by atoms with Crippen molar-refractivity contribution in [1.82, 2.24) is 0 Å². The molecule has 0 heterocycles. The summed E-state index contributed by atoms with van der Waals surface area (Å²) < 4.78 is 11.4. The Morgan fingerprint density at radius 3 is 2.50 bits per heavy atom. The second kappa shape index (κ2) is 9.39. The Balaban J connectivity index is 1.49. The molecule has 0 amide bonds. The minimum Gasteiger partial charge on any atom is -0.481 e. The zero-order chi connectivity index (χ0) is 22.7. The lowest BCUT2D eigenvalue weighted by Crippen LogP contribution is -2.37. The quantitative estimate of drug-likeness (QED) is 0.422. The number of carbonyl (C=O) groups is 3. The molecular formula is C26H26O6. The van der Waals surface area contributed by atoms with Crippen LogP contribution in [0.25, 0.3) is 11.1 Å². The summed E-state index contributed by atoms with van der Waals surface area (Å²) in [5.74, 6) is -2.85. The highest BCUT2D eigenvalue weighted by molar-refractivity contribution is 5.93. The van der Waals surface area contributed by atoms with Crippen LogP contribution in [0.15, 0.2) is 55.1 Å². The lowest BCUT2D eigenvalue weighted by Gasteiger charge is -2.27. The molecule has 3 atom stereocenters. The van der Waals surface area contributed by atoms with Gasteiger partial charge in [0.2, 0.25) is 0 Å². The molecule has 1 saturated carbocycles. The van der Waals surface area contributed by atoms with Gasteiger partial charge in [0.15, 0.2) is 11.9 Å². The third-order valence-corrected chi connectivity index (χ3v) is 6.36. The number of carboxylic acid groups (broad SMARTS) is 1. The standard InChI is InChI=1S/C26H26O6/c1-2-22(27)24(15-31-26(30)20-11-6-5-10-19(20)25(28)29)32-23-13-7-12-18-17-9-4-3-8-16(17)14-21(18)23/h2-4,7-9,12-13,19-20,24H,1,5-6,10-11,14-15H2,(H,28,29). The molecule has 0 spiro atoms. The summed E-state index contributed by atoms with van der Waals surface area (Å²) >= 11 is 0. The van der Waals surface area contributed by atoms with Crippen LogP contribution in [0, 0.1) is 11.8 Å². The number of esters is 1. The summed E-state index contributed by atoms with van der Waals surface area (Å²) in [5.41, 5.74) is 4.38. The van der Waals surface area contributed by atoms with Gasteiger partial charge >= 0.3 is 11.9 Å². The van der Waals surface area contributed by atoms with Gasteiger partial charge in [-0.2, -0.15) is 0 Å². The van der Waals surface area contributed by atoms with E-state index in [-0.39, 0.29) is 6.61 Å². The topological polar surface area (TPSA) is 89.9 Å². The number of hydrogen-bond acceptors (Lipinski definition) is 5. The van der Waals surface area contributed by atoms with E-state index >= 15 is 0 Å². The number of ether oxygens (including phenoxy) is 2. The Labute approximate surface area is 186 Å². The van der Waals surface area contributed by atoms with E-state index < -0.39 is 35.7 Å². The van der Waals surface area contributed by atoms with Crippen molar-refractivity contribution in [2.24, 2.45) is 11.8 Å². The fraction of sp³-hybridized carbons (Fsp3) is 0.346. The molecule has 4 rings (SSSR count). The van der Waals surface area contributed by atoms with Crippen LogP contribution < -0.4 is 4.74 Å². The van der Waals surface area contributed by atoms with Crippen molar-refractivity contribution in [1.29, 1.82) is 0 Å². The van der Waals surface area contributed by atoms with Crippen LogP contribution in [0.5, 0.6) is 5.75 Å². The van der Waals surface area contributed by atoms with Crippen LogP contribution >= 0.6 is 0 Å². The average molecular weight is 434 g/mol. The molecule has 2 aliphatic carbocycles. The average Bonchev–Trinajstić information content (AvgIpc) is 3.20. The van der Waals surface area contributed by atoms with Crippen LogP contribution in [-0.2, 0) is 25.5 Å². The highest BCUT2D eigenvalue weighted by Gasteiger charge is 2.37. The summed E-state index contributed by atoms with van der Waals surface area (Å²) in [4.78, 5) is 36.6. The Morgan fingerprint density at radius 1 is 1.03 bits per heavy atom. The maximum Gasteiger partial charge on any atom is 0.309 e. The van der Waals surface area contributed by atoms with Crippen molar-refractivity contribution in [2.45, 2.75) is 38.2 Å². The summed E-state index contributed by atoms with van der Waals surface area (Å²) in [6.45, 7) is 3.24. The van der Waals surface area contributed by atoms with Crippen molar-refractivity contribution in [3.05, 3.63) is 66.2 Å². The normalized spacial score (nSPS) is 19.9. The zero-order valence-electron chi connectivity index (χ0n) is 17.8. The first-order valence-corrected chi connectivity index (χ1v) is 10.9. The number of benzene rings is 2. The monoisotopic (exact) mass is 434 g/mol. The molecular weight excluding hydrogens is 408 g/mol. The Morgan fingerprint density at radius 2 is 1.75 bits per heavy atom. The molecule has 0 aliphatic heterocycles. The Bertz CT molecular complexity index is 1060. The van der Waals surface area contributed by atoms with Gasteiger partial charge in [-0.25, -0.2) is 0 Å². The summed E-state index contributed by atoms with van der Waals surface area (Å²) in [7, 11) is 0. The fourth-order valence-electron chi connectivity index (χ4n) is 4.67. The van der Waals surface area contributed by atoms with Gasteiger partial charge in [-0.05, 0) is 41.7 Å². The molecule has 166 valence electrons. The maximum absolute atomic E-state index is 12.6. The van der Waals surface area contributed by atoms with E-state index in [1.165, 1.54) is 5.56 Å². The predicted molar refractivity (Wildman–Crippen MR) is 118 cm³/mol. The van der Waals surface area contributed by atoms with Gasteiger partial charge in [0.1, 0.15) is 12.4 Å². The summed E-state index contributed by atoms with van der Waals surface area (Å²) in [6, 6.07) is 13.8. The van der Waals surface area contributed by atoms with Crippen molar-refractivity contribution in [3.63, 3.8) is 0 Å². The minimum absolute atomic E-state index is 0.289. The van der Waals surface area contributed by atoms with Crippen molar-refractivity contribution < 1.29 is 29.0 Å². The SMILES string of the molecule is C=CC(=O)C(COC(=O)C1CCCCC1C(=O)O)Oc1cccc2c1Cc1ccccc1-2. The molecule has 6 heteroatoms. The number of hydrogen-bond donors (Lipinski definition) is 1. The molecule has 2 aromatic rings. The smallest absolute Gasteiger partial charge is 0.309 e. The molecule has 0 bridgehead atoms. The van der Waals surface area contributed by atoms with Gasteiger partial charge < -0.3 is 14.6 Å². The largest absolute Gasteiger partial charge is 0.481 e. The number of fused-ring (bicyclic) bond motifs is 3. The molecule has 32 heavy (non-hydrogen) atoms. The molecule has 0 radical (unpaired) electrons. The highest BCUT2D eigenvalue weighted by Crippen LogP contribution is 2.41. The van der Waals surface area contributed by atoms with Crippen LogP contribution in [0.3, 0.4) is 0 Å². The second-order valence-corrected chi connectivity index (χ2v) is 8.29. The molecule has 2 aromatic carbocycles. The van der Waals surface area contributed by atoms with Gasteiger partial charge in [0.05, 0.1) is 11.8 Å². The highest BCUT2D eigenvalue weighted by atomic mass is 16.6. The second-order valence-electron chi connectivity index (χ2n) is 8.29. The van der Waals surface area contributed by atoms with Crippen LogP contribution in [0.4, 0.5) is 0 Å².